The van der Waals surface area contributed by atoms with Crippen LogP contribution in [0.4, 0.5) is 0 Å². The van der Waals surface area contributed by atoms with Gasteiger partial charge in [0.2, 0.25) is 0 Å². The van der Waals surface area contributed by atoms with Crippen molar-refractivity contribution in [3.63, 3.8) is 0 Å². The largest absolute Gasteiger partial charge is 0.451 e. The van der Waals surface area contributed by atoms with Crippen molar-refractivity contribution in [2.75, 3.05) is 0 Å². The Balaban J connectivity index is 1.48. The lowest BCUT2D eigenvalue weighted by molar-refractivity contribution is -0.139. The van der Waals surface area contributed by atoms with E-state index in [1.807, 2.05) is 54.3 Å². The third-order valence-electron chi connectivity index (χ3n) is 8.35. The Morgan fingerprint density at radius 2 is 1.68 bits per heavy atom. The summed E-state index contributed by atoms with van der Waals surface area (Å²) in [6.45, 7) is 0.995. The van der Waals surface area contributed by atoms with E-state index in [1.54, 1.807) is 6.92 Å². The molecule has 1 heterocycles. The van der Waals surface area contributed by atoms with Crippen molar-refractivity contribution in [1.29, 1.82) is 0 Å². The van der Waals surface area contributed by atoms with Crippen molar-refractivity contribution in [2.24, 2.45) is 11.8 Å². The number of unbranched alkanes of at least 4 members (excludes halogenated alkanes) is 1. The minimum absolute atomic E-state index is 0.0784. The van der Waals surface area contributed by atoms with E-state index in [0.29, 0.717) is 56.2 Å². The van der Waals surface area contributed by atoms with Crippen LogP contribution >= 0.6 is 0 Å². The molecule has 0 radical (unpaired) electrons. The molecule has 3 N–H and O–H groups in total. The Hall–Kier alpha value is -4.48. The van der Waals surface area contributed by atoms with Crippen molar-refractivity contribution in [1.82, 2.24) is 4.98 Å². The van der Waals surface area contributed by atoms with Crippen LogP contribution in [0.15, 0.2) is 48.7 Å². The number of hydrogen-bond donors (Lipinski definition) is 3. The molecule has 0 unspecified atom stereocenters. The number of allylic oxidation sites excluding steroid dienone is 2. The van der Waals surface area contributed by atoms with Gasteiger partial charge in [0.05, 0.1) is 24.0 Å². The summed E-state index contributed by atoms with van der Waals surface area (Å²) >= 11 is 0. The van der Waals surface area contributed by atoms with Crippen LogP contribution in [0.5, 0.6) is 5.75 Å². The second kappa shape index (κ2) is 19.2. The molecule has 250 valence electrons. The van der Waals surface area contributed by atoms with Gasteiger partial charge in [-0.05, 0) is 75.7 Å². The van der Waals surface area contributed by atoms with Crippen LogP contribution in [0, 0.1) is 43.4 Å². The highest BCUT2D eigenvalue weighted by molar-refractivity contribution is 5.88. The zero-order valence-electron chi connectivity index (χ0n) is 26.7. The van der Waals surface area contributed by atoms with Gasteiger partial charge in [0, 0.05) is 35.6 Å². The van der Waals surface area contributed by atoms with Gasteiger partial charge in [-0.3, -0.25) is 9.78 Å². The van der Waals surface area contributed by atoms with E-state index in [2.05, 4.69) is 4.98 Å². The maximum absolute atomic E-state index is 12.7. The summed E-state index contributed by atoms with van der Waals surface area (Å²) in [5.41, 5.74) is 2.13. The van der Waals surface area contributed by atoms with Crippen molar-refractivity contribution < 1.29 is 43.9 Å². The molecule has 1 aromatic heterocycles. The Morgan fingerprint density at radius 3 is 2.38 bits per heavy atom. The van der Waals surface area contributed by atoms with Gasteiger partial charge in [-0.1, -0.05) is 42.5 Å². The summed E-state index contributed by atoms with van der Waals surface area (Å²) in [7, 11) is 0. The van der Waals surface area contributed by atoms with Gasteiger partial charge in [0.25, 0.3) is 0 Å². The maximum Gasteiger partial charge on any atom is 0.384 e. The summed E-state index contributed by atoms with van der Waals surface area (Å²) in [6, 6.07) is 10.00. The summed E-state index contributed by atoms with van der Waals surface area (Å²) in [5, 5.41) is 31.7. The molecule has 5 atom stereocenters. The molecule has 1 saturated carbocycles. The Labute approximate surface area is 276 Å². The quantitative estimate of drug-likeness (QED) is 0.0760. The van der Waals surface area contributed by atoms with Gasteiger partial charge < -0.3 is 29.5 Å². The molecule has 1 aromatic carbocycles. The molecule has 10 heteroatoms. The van der Waals surface area contributed by atoms with E-state index in [4.69, 9.17) is 27.1 Å². The lowest BCUT2D eigenvalue weighted by atomic mass is 9.85. The van der Waals surface area contributed by atoms with Crippen molar-refractivity contribution >= 4 is 17.9 Å². The molecule has 1 aliphatic rings. The third-order valence-corrected chi connectivity index (χ3v) is 8.35. The van der Waals surface area contributed by atoms with Crippen LogP contribution in [0.3, 0.4) is 0 Å². The van der Waals surface area contributed by atoms with Crippen LogP contribution in [0.25, 0.3) is 0 Å². The number of aromatic nitrogens is 1. The van der Waals surface area contributed by atoms with Gasteiger partial charge in [-0.2, -0.15) is 0 Å². The number of carbonyl (C=O) groups is 3. The first-order valence-electron chi connectivity index (χ1n) is 15.8. The van der Waals surface area contributed by atoms with Crippen molar-refractivity contribution in [2.45, 2.75) is 96.2 Å². The third kappa shape index (κ3) is 12.0. The smallest absolute Gasteiger partial charge is 0.384 e. The molecule has 1 aliphatic carbocycles. The number of aliphatic hydroxyl groups excluding tert-OH is 3. The number of terminal acetylenes is 2. The Bertz CT molecular complexity index is 1460. The second-order valence-corrected chi connectivity index (χ2v) is 11.6. The number of nitrogens with zero attached hydrogens (tertiary/aromatic N) is 1. The molecule has 3 rings (SSSR count). The number of aryl methyl sites for hydroxylation is 2. The minimum Gasteiger partial charge on any atom is -0.451 e. The number of carbonyl (C=O) groups excluding carboxylic acids is 3. The highest BCUT2D eigenvalue weighted by Crippen LogP contribution is 2.38. The highest BCUT2D eigenvalue weighted by atomic mass is 16.5. The average Bonchev–Trinajstić information content (AvgIpc) is 3.34. The Kier molecular flexibility index (Phi) is 15.1. The number of pyridine rings is 1. The maximum atomic E-state index is 12.7. The number of hydrogen-bond acceptors (Lipinski definition) is 10. The molecule has 0 amide bonds. The molecular formula is C37H43NO9. The fraction of sp³-hybridized carbons (Fsp3) is 0.459. The minimum atomic E-state index is -0.919. The predicted molar refractivity (Wildman–Crippen MR) is 173 cm³/mol. The zero-order valence-corrected chi connectivity index (χ0v) is 26.7. The standard InChI is InChI=1S/C37H43NO9/c1-4-34(42)45-23-27-22-38-25(3)37(31(27)24-46-35(43)5-2)47-36(44)16-12-7-6-11-15-29-30(33(41)21-32(29)40)20-19-28(39)18-17-26-13-9-8-10-14-26/h1-2,6,8-11,13-14,22,28-30,32-33,39-41H,7,12,15-21,23-24H2,3H3/b11-6-/t28-,29+,30+,32-,33+/m0/s1. The molecule has 0 bridgehead atoms. The molecule has 0 spiro atoms. The number of ether oxygens (including phenoxy) is 3. The summed E-state index contributed by atoms with van der Waals surface area (Å²) in [6.07, 6.45) is 18.4. The van der Waals surface area contributed by atoms with Gasteiger partial charge in [0.1, 0.15) is 13.2 Å². The number of esters is 3. The van der Waals surface area contributed by atoms with Crippen LogP contribution < -0.4 is 4.74 Å². The van der Waals surface area contributed by atoms with E-state index in [9.17, 15) is 29.7 Å². The van der Waals surface area contributed by atoms with Crippen LogP contribution in [-0.4, -0.2) is 56.5 Å². The molecule has 0 saturated heterocycles. The van der Waals surface area contributed by atoms with Crippen LogP contribution in [0.2, 0.25) is 0 Å². The second-order valence-electron chi connectivity index (χ2n) is 11.6. The zero-order chi connectivity index (χ0) is 34.2. The topological polar surface area (TPSA) is 152 Å². The molecular weight excluding hydrogens is 602 g/mol. The normalized spacial score (nSPS) is 19.4. The lowest BCUT2D eigenvalue weighted by Crippen LogP contribution is -2.23. The highest BCUT2D eigenvalue weighted by Gasteiger charge is 2.40. The molecule has 47 heavy (non-hydrogen) atoms. The predicted octanol–water partition coefficient (Wildman–Crippen LogP) is 3.90. The summed E-state index contributed by atoms with van der Waals surface area (Å²) in [4.78, 5) is 40.0. The number of benzene rings is 1. The Morgan fingerprint density at radius 1 is 1.00 bits per heavy atom. The molecule has 10 nitrogen and oxygen atoms in total. The van der Waals surface area contributed by atoms with Gasteiger partial charge in [0.15, 0.2) is 5.75 Å². The first-order chi connectivity index (χ1) is 22.6. The number of rotatable bonds is 17. The van der Waals surface area contributed by atoms with Gasteiger partial charge >= 0.3 is 17.9 Å². The van der Waals surface area contributed by atoms with E-state index in [0.717, 1.165) is 6.42 Å². The first kappa shape index (κ1) is 37.0. The van der Waals surface area contributed by atoms with Gasteiger partial charge in [-0.25, -0.2) is 9.59 Å². The molecule has 2 aromatic rings. The monoisotopic (exact) mass is 645 g/mol. The lowest BCUT2D eigenvalue weighted by Gasteiger charge is -2.23. The van der Waals surface area contributed by atoms with E-state index >= 15 is 0 Å². The first-order valence-corrected chi connectivity index (χ1v) is 15.8. The van der Waals surface area contributed by atoms with E-state index in [1.165, 1.54) is 11.8 Å². The van der Waals surface area contributed by atoms with Crippen molar-refractivity contribution in [3.8, 4) is 30.4 Å². The van der Waals surface area contributed by atoms with Crippen molar-refractivity contribution in [3.05, 3.63) is 71.1 Å². The fourth-order valence-corrected chi connectivity index (χ4v) is 5.77. The van der Waals surface area contributed by atoms with E-state index < -0.39 is 36.2 Å². The van der Waals surface area contributed by atoms with Gasteiger partial charge in [-0.15, -0.1) is 12.8 Å². The molecule has 0 aliphatic heterocycles. The summed E-state index contributed by atoms with van der Waals surface area (Å²) < 4.78 is 15.6. The molecule has 1 fully saturated rings. The van der Waals surface area contributed by atoms with Crippen LogP contribution in [0.1, 0.15) is 73.8 Å². The fourth-order valence-electron chi connectivity index (χ4n) is 5.77. The summed E-state index contributed by atoms with van der Waals surface area (Å²) in [5.74, 6) is 1.18. The van der Waals surface area contributed by atoms with Crippen LogP contribution in [-0.2, 0) is 43.5 Å². The average molecular weight is 646 g/mol. The van der Waals surface area contributed by atoms with E-state index in [-0.39, 0.29) is 42.8 Å². The number of aliphatic hydroxyl groups is 3. The SMILES string of the molecule is C#CC(=O)OCc1cnc(C)c(OC(=O)CCC/C=C\C[C@@H]2[C@@H](CC[C@@H](O)CCc3ccccc3)[C@H](O)C[C@@H]2O)c1COC(=O)C#C.